The van der Waals surface area contributed by atoms with Gasteiger partial charge in [0.1, 0.15) is 5.75 Å². The molecule has 2 amide bonds. The molecule has 0 aromatic heterocycles. The lowest BCUT2D eigenvalue weighted by Gasteiger charge is -2.34. The van der Waals surface area contributed by atoms with E-state index in [-0.39, 0.29) is 11.8 Å². The van der Waals surface area contributed by atoms with Crippen LogP contribution in [0.4, 0.5) is 0 Å². The molecular weight excluding hydrogens is 342 g/mol. The van der Waals surface area contributed by atoms with Gasteiger partial charge in [0, 0.05) is 37.7 Å². The second kappa shape index (κ2) is 9.63. The van der Waals surface area contributed by atoms with Gasteiger partial charge in [-0.15, -0.1) is 0 Å². The van der Waals surface area contributed by atoms with E-state index in [1.165, 1.54) is 7.11 Å². The Kier molecular flexibility index (Phi) is 7.52. The van der Waals surface area contributed by atoms with Crippen LogP contribution in [-0.2, 0) is 4.79 Å². The molecule has 7 heteroatoms. The van der Waals surface area contributed by atoms with Crippen LogP contribution >= 0.6 is 11.6 Å². The minimum atomic E-state index is -0.0913. The molecule has 1 N–H and O–H groups in total. The van der Waals surface area contributed by atoms with Gasteiger partial charge in [-0.2, -0.15) is 0 Å². The molecule has 1 heterocycles. The first-order chi connectivity index (χ1) is 12.0. The highest BCUT2D eigenvalue weighted by Crippen LogP contribution is 2.24. The summed E-state index contributed by atoms with van der Waals surface area (Å²) >= 11 is 6.01. The summed E-state index contributed by atoms with van der Waals surface area (Å²) in [4.78, 5) is 28.5. The molecule has 0 aliphatic carbocycles. The first kappa shape index (κ1) is 19.5. The van der Waals surface area contributed by atoms with Crippen LogP contribution in [0.5, 0.6) is 5.75 Å². The number of hydrogen-bond acceptors (Lipinski definition) is 4. The van der Waals surface area contributed by atoms with E-state index in [0.717, 1.165) is 19.4 Å². The lowest BCUT2D eigenvalue weighted by atomic mass is 10.1. The number of carbonyl (C=O) groups is 2. The van der Waals surface area contributed by atoms with E-state index >= 15 is 0 Å². The zero-order chi connectivity index (χ0) is 18.2. The van der Waals surface area contributed by atoms with Crippen LogP contribution in [0.2, 0.25) is 5.02 Å². The van der Waals surface area contributed by atoms with Gasteiger partial charge in [0.05, 0.1) is 19.2 Å². The molecule has 6 nitrogen and oxygen atoms in total. The Morgan fingerprint density at radius 3 is 2.60 bits per heavy atom. The molecule has 25 heavy (non-hydrogen) atoms. The minimum Gasteiger partial charge on any atom is -0.496 e. The Morgan fingerprint density at radius 1 is 1.24 bits per heavy atom. The number of nitrogens with one attached hydrogen (secondary N) is 1. The second-order valence-electron chi connectivity index (χ2n) is 6.12. The highest BCUT2D eigenvalue weighted by atomic mass is 35.5. The number of rotatable bonds is 7. The number of benzene rings is 1. The monoisotopic (exact) mass is 367 g/mol. The maximum absolute atomic E-state index is 12.7. The van der Waals surface area contributed by atoms with Crippen molar-refractivity contribution in [2.75, 3.05) is 46.4 Å². The van der Waals surface area contributed by atoms with Gasteiger partial charge in [0.2, 0.25) is 5.91 Å². The van der Waals surface area contributed by atoms with E-state index in [1.807, 2.05) is 0 Å². The average Bonchev–Trinajstić information content (AvgIpc) is 2.62. The molecule has 0 saturated carbocycles. The van der Waals surface area contributed by atoms with Gasteiger partial charge in [-0.1, -0.05) is 24.9 Å². The summed E-state index contributed by atoms with van der Waals surface area (Å²) in [6.07, 6.45) is 2.06. The van der Waals surface area contributed by atoms with Crippen LogP contribution in [0, 0.1) is 0 Å². The van der Waals surface area contributed by atoms with Gasteiger partial charge in [0.25, 0.3) is 5.91 Å². The summed E-state index contributed by atoms with van der Waals surface area (Å²) in [6.45, 7) is 5.71. The van der Waals surface area contributed by atoms with Crippen LogP contribution in [-0.4, -0.2) is 68.0 Å². The molecule has 1 aromatic carbocycles. The number of piperazine rings is 1. The summed E-state index contributed by atoms with van der Waals surface area (Å²) < 4.78 is 5.26. The molecule has 1 aliphatic heterocycles. The molecule has 1 fully saturated rings. The highest BCUT2D eigenvalue weighted by molar-refractivity contribution is 6.31. The number of hydrogen-bond donors (Lipinski definition) is 1. The maximum atomic E-state index is 12.7. The molecule has 1 aliphatic rings. The third-order valence-corrected chi connectivity index (χ3v) is 4.51. The number of halogens is 1. The Balaban J connectivity index is 1.86. The van der Waals surface area contributed by atoms with Gasteiger partial charge in [-0.3, -0.25) is 14.5 Å². The fourth-order valence-corrected chi connectivity index (χ4v) is 2.96. The van der Waals surface area contributed by atoms with Crippen molar-refractivity contribution in [1.82, 2.24) is 15.1 Å². The number of nitrogens with zero attached hydrogens (tertiary/aromatic N) is 2. The van der Waals surface area contributed by atoms with Crippen LogP contribution in [0.25, 0.3) is 0 Å². The number of amides is 2. The summed E-state index contributed by atoms with van der Waals surface area (Å²) in [5, 5.41) is 3.43. The number of ether oxygens (including phenoxy) is 1. The number of carbonyl (C=O) groups excluding carboxylic acids is 2. The Morgan fingerprint density at radius 2 is 1.96 bits per heavy atom. The second-order valence-corrected chi connectivity index (χ2v) is 6.55. The van der Waals surface area contributed by atoms with E-state index in [4.69, 9.17) is 16.3 Å². The average molecular weight is 368 g/mol. The van der Waals surface area contributed by atoms with Crippen molar-refractivity contribution in [3.05, 3.63) is 28.8 Å². The molecule has 0 radical (unpaired) electrons. The Bertz CT molecular complexity index is 601. The molecule has 0 spiro atoms. The van der Waals surface area contributed by atoms with Gasteiger partial charge in [0.15, 0.2) is 0 Å². The minimum absolute atomic E-state index is 0.0461. The number of methoxy groups -OCH3 is 1. The maximum Gasteiger partial charge on any atom is 0.257 e. The molecule has 2 rings (SSSR count). The van der Waals surface area contributed by atoms with Crippen LogP contribution < -0.4 is 10.1 Å². The van der Waals surface area contributed by atoms with E-state index in [9.17, 15) is 9.59 Å². The molecule has 1 saturated heterocycles. The van der Waals surface area contributed by atoms with Gasteiger partial charge >= 0.3 is 0 Å². The van der Waals surface area contributed by atoms with Crippen molar-refractivity contribution >= 4 is 23.4 Å². The standard InChI is InChI=1S/C18H26ClN3O3/c1-3-4-7-20-17(23)13-21-8-10-22(11-9-21)18(24)15-12-14(19)5-6-16(15)25-2/h5-6,12H,3-4,7-11,13H2,1-2H3,(H,20,23). The fraction of sp³-hybridized carbons (Fsp3) is 0.556. The molecule has 0 bridgehead atoms. The van der Waals surface area contributed by atoms with E-state index in [2.05, 4.69) is 17.1 Å². The van der Waals surface area contributed by atoms with Crippen molar-refractivity contribution < 1.29 is 14.3 Å². The quantitative estimate of drug-likeness (QED) is 0.749. The fourth-order valence-electron chi connectivity index (χ4n) is 2.79. The van der Waals surface area contributed by atoms with E-state index in [1.54, 1.807) is 23.1 Å². The lowest BCUT2D eigenvalue weighted by Crippen LogP contribution is -2.51. The topological polar surface area (TPSA) is 61.9 Å². The molecular formula is C18H26ClN3O3. The van der Waals surface area contributed by atoms with Crippen molar-refractivity contribution in [2.45, 2.75) is 19.8 Å². The lowest BCUT2D eigenvalue weighted by molar-refractivity contribution is -0.122. The Labute approximate surface area is 154 Å². The Hall–Kier alpha value is -1.79. The van der Waals surface area contributed by atoms with Crippen molar-refractivity contribution in [3.63, 3.8) is 0 Å². The first-order valence-electron chi connectivity index (χ1n) is 8.67. The largest absolute Gasteiger partial charge is 0.496 e. The predicted molar refractivity (Wildman–Crippen MR) is 98.3 cm³/mol. The smallest absolute Gasteiger partial charge is 0.257 e. The summed E-state index contributed by atoms with van der Waals surface area (Å²) in [6, 6.07) is 5.04. The van der Waals surface area contributed by atoms with Crippen molar-refractivity contribution in [2.24, 2.45) is 0 Å². The summed E-state index contributed by atoms with van der Waals surface area (Å²) in [5.74, 6) is 0.475. The first-order valence-corrected chi connectivity index (χ1v) is 9.04. The summed E-state index contributed by atoms with van der Waals surface area (Å²) in [7, 11) is 1.54. The SMILES string of the molecule is CCCCNC(=O)CN1CCN(C(=O)c2cc(Cl)ccc2OC)CC1. The van der Waals surface area contributed by atoms with E-state index in [0.29, 0.717) is 49.1 Å². The van der Waals surface area contributed by atoms with E-state index < -0.39 is 0 Å². The summed E-state index contributed by atoms with van der Waals surface area (Å²) in [5.41, 5.74) is 0.473. The third-order valence-electron chi connectivity index (χ3n) is 4.27. The van der Waals surface area contributed by atoms with Crippen molar-refractivity contribution in [1.29, 1.82) is 0 Å². The zero-order valence-electron chi connectivity index (χ0n) is 14.9. The molecule has 0 atom stereocenters. The number of unbranched alkanes of at least 4 members (excludes halogenated alkanes) is 1. The van der Waals surface area contributed by atoms with Crippen LogP contribution in [0.3, 0.4) is 0 Å². The van der Waals surface area contributed by atoms with Crippen LogP contribution in [0.1, 0.15) is 30.1 Å². The van der Waals surface area contributed by atoms with Crippen molar-refractivity contribution in [3.8, 4) is 5.75 Å². The molecule has 138 valence electrons. The highest BCUT2D eigenvalue weighted by Gasteiger charge is 2.25. The molecule has 0 unspecified atom stereocenters. The van der Waals surface area contributed by atoms with Crippen LogP contribution in [0.15, 0.2) is 18.2 Å². The van der Waals surface area contributed by atoms with Gasteiger partial charge < -0.3 is 15.0 Å². The normalized spacial score (nSPS) is 15.1. The molecule has 1 aromatic rings. The van der Waals surface area contributed by atoms with Gasteiger partial charge in [-0.25, -0.2) is 0 Å². The predicted octanol–water partition coefficient (Wildman–Crippen LogP) is 2.02. The third kappa shape index (κ3) is 5.61. The zero-order valence-corrected chi connectivity index (χ0v) is 15.6. The van der Waals surface area contributed by atoms with Gasteiger partial charge in [-0.05, 0) is 24.6 Å².